The van der Waals surface area contributed by atoms with Crippen molar-refractivity contribution < 1.29 is 37.3 Å². The van der Waals surface area contributed by atoms with Crippen molar-refractivity contribution in [3.05, 3.63) is 47.5 Å². The maximum atomic E-state index is 13.0. The molecular weight excluding hydrogens is 462 g/mol. The van der Waals surface area contributed by atoms with Gasteiger partial charge in [0.25, 0.3) is 5.91 Å². The summed E-state index contributed by atoms with van der Waals surface area (Å²) in [7, 11) is 1.59. The van der Waals surface area contributed by atoms with Gasteiger partial charge in [0.2, 0.25) is 0 Å². The van der Waals surface area contributed by atoms with Gasteiger partial charge in [0, 0.05) is 25.2 Å². The van der Waals surface area contributed by atoms with Crippen LogP contribution in [0.2, 0.25) is 0 Å². The van der Waals surface area contributed by atoms with Crippen LogP contribution in [-0.4, -0.2) is 70.6 Å². The first-order chi connectivity index (χ1) is 17.0. The average Bonchev–Trinajstić information content (AvgIpc) is 2.86. The van der Waals surface area contributed by atoms with Crippen LogP contribution < -0.4 is 24.3 Å². The lowest BCUT2D eigenvalue weighted by atomic mass is 10.0. The Balaban J connectivity index is 1.80. The summed E-state index contributed by atoms with van der Waals surface area (Å²) >= 11 is 0. The lowest BCUT2D eigenvalue weighted by Gasteiger charge is -2.35. The molecule has 0 saturated carbocycles. The number of carbonyl (C=O) groups is 1. The van der Waals surface area contributed by atoms with Gasteiger partial charge in [-0.15, -0.1) is 0 Å². The fourth-order valence-electron chi connectivity index (χ4n) is 3.92. The maximum Gasteiger partial charge on any atom is 0.387 e. The number of hydrogen-bond acceptors (Lipinski definition) is 7. The van der Waals surface area contributed by atoms with E-state index in [-0.39, 0.29) is 35.6 Å². The molecule has 1 heterocycles. The Morgan fingerprint density at radius 2 is 1.69 bits per heavy atom. The smallest absolute Gasteiger partial charge is 0.387 e. The van der Waals surface area contributed by atoms with E-state index in [1.165, 1.54) is 18.2 Å². The van der Waals surface area contributed by atoms with Crippen LogP contribution in [0.3, 0.4) is 0 Å². The predicted molar refractivity (Wildman–Crippen MR) is 126 cm³/mol. The number of nitrogens with zero attached hydrogens (tertiary/aromatic N) is 1. The number of morpholine rings is 1. The maximum absolute atomic E-state index is 13.0. The number of carbonyl (C=O) groups excluding carboxylic acids is 1. The summed E-state index contributed by atoms with van der Waals surface area (Å²) in [5.74, 6) is 0.876. The highest BCUT2D eigenvalue weighted by Gasteiger charge is 2.25. The highest BCUT2D eigenvalue weighted by molar-refractivity contribution is 5.94. The van der Waals surface area contributed by atoms with E-state index in [4.69, 9.17) is 18.9 Å². The average molecular weight is 495 g/mol. The molecule has 1 aliphatic rings. The molecule has 1 fully saturated rings. The fraction of sp³-hybridized carbons (Fsp3) is 0.480. The number of hydrogen-bond donors (Lipinski definition) is 1. The lowest BCUT2D eigenvalue weighted by molar-refractivity contribution is -0.0514. The molecule has 0 bridgehead atoms. The molecule has 3 rings (SSSR count). The van der Waals surface area contributed by atoms with E-state index in [9.17, 15) is 13.6 Å². The zero-order chi connectivity index (χ0) is 25.2. The summed E-state index contributed by atoms with van der Waals surface area (Å²) in [6.45, 7) is 4.33. The molecule has 35 heavy (non-hydrogen) atoms. The SMILES string of the molecule is CCOc1ccc(C(CNC(=O)c2ccc(OC(F)F)c(OCC)c2)N2CCOCC2)cc1OC. The number of amides is 1. The van der Waals surface area contributed by atoms with Crippen molar-refractivity contribution >= 4 is 5.91 Å². The third-order valence-corrected chi connectivity index (χ3v) is 5.54. The van der Waals surface area contributed by atoms with E-state index in [1.54, 1.807) is 14.0 Å². The van der Waals surface area contributed by atoms with Gasteiger partial charge < -0.3 is 29.0 Å². The van der Waals surface area contributed by atoms with E-state index < -0.39 is 6.61 Å². The second-order valence-electron chi connectivity index (χ2n) is 7.69. The largest absolute Gasteiger partial charge is 0.493 e. The van der Waals surface area contributed by atoms with Crippen molar-refractivity contribution in [3.8, 4) is 23.0 Å². The normalized spacial score (nSPS) is 14.9. The Labute approximate surface area is 204 Å². The topological polar surface area (TPSA) is 78.5 Å². The summed E-state index contributed by atoms with van der Waals surface area (Å²) in [5, 5.41) is 2.96. The third kappa shape index (κ3) is 7.19. The minimum atomic E-state index is -2.99. The van der Waals surface area contributed by atoms with Crippen molar-refractivity contribution in [2.24, 2.45) is 0 Å². The molecular formula is C25H32F2N2O6. The standard InChI is InChI=1S/C25H32F2N2O6/c1-4-33-20-8-6-17(14-22(20)31-3)19(29-10-12-32-13-11-29)16-28-24(30)18-7-9-21(35-25(26)27)23(15-18)34-5-2/h6-9,14-15,19,25H,4-5,10-13,16H2,1-3H3,(H,28,30). The van der Waals surface area contributed by atoms with Gasteiger partial charge in [0.1, 0.15) is 0 Å². The van der Waals surface area contributed by atoms with Crippen LogP contribution >= 0.6 is 0 Å². The van der Waals surface area contributed by atoms with Gasteiger partial charge in [0.15, 0.2) is 23.0 Å². The number of methoxy groups -OCH3 is 1. The number of halogens is 2. The van der Waals surface area contributed by atoms with Crippen LogP contribution in [0.25, 0.3) is 0 Å². The zero-order valence-electron chi connectivity index (χ0n) is 20.2. The molecule has 1 unspecified atom stereocenters. The molecule has 2 aromatic rings. The van der Waals surface area contributed by atoms with E-state index in [1.807, 2.05) is 25.1 Å². The van der Waals surface area contributed by atoms with Gasteiger partial charge in [-0.2, -0.15) is 8.78 Å². The van der Waals surface area contributed by atoms with E-state index in [2.05, 4.69) is 15.0 Å². The second-order valence-corrected chi connectivity index (χ2v) is 7.69. The van der Waals surface area contributed by atoms with Gasteiger partial charge >= 0.3 is 6.61 Å². The van der Waals surface area contributed by atoms with Crippen molar-refractivity contribution in [2.75, 3.05) is 53.2 Å². The van der Waals surface area contributed by atoms with E-state index in [0.717, 1.165) is 5.56 Å². The molecule has 8 nitrogen and oxygen atoms in total. The number of benzene rings is 2. The van der Waals surface area contributed by atoms with Gasteiger partial charge in [-0.25, -0.2) is 0 Å². The summed E-state index contributed by atoms with van der Waals surface area (Å²) in [4.78, 5) is 15.2. The second kappa shape index (κ2) is 13.1. The summed E-state index contributed by atoms with van der Waals surface area (Å²) in [6, 6.07) is 9.75. The Bertz CT molecular complexity index is 969. The van der Waals surface area contributed by atoms with Crippen LogP contribution in [-0.2, 0) is 4.74 Å². The van der Waals surface area contributed by atoms with Gasteiger partial charge in [-0.3, -0.25) is 9.69 Å². The molecule has 1 aliphatic heterocycles. The monoisotopic (exact) mass is 494 g/mol. The van der Waals surface area contributed by atoms with Crippen LogP contribution in [0, 0.1) is 0 Å². The highest BCUT2D eigenvalue weighted by atomic mass is 19.3. The highest BCUT2D eigenvalue weighted by Crippen LogP contribution is 2.33. The van der Waals surface area contributed by atoms with Crippen LogP contribution in [0.4, 0.5) is 8.78 Å². The minimum Gasteiger partial charge on any atom is -0.493 e. The molecule has 1 N–H and O–H groups in total. The van der Waals surface area contributed by atoms with Crippen LogP contribution in [0.1, 0.15) is 35.8 Å². The minimum absolute atomic E-state index is 0.0847. The van der Waals surface area contributed by atoms with Crippen molar-refractivity contribution in [3.63, 3.8) is 0 Å². The summed E-state index contributed by atoms with van der Waals surface area (Å²) < 4.78 is 51.9. The van der Waals surface area contributed by atoms with Crippen molar-refractivity contribution in [1.29, 1.82) is 0 Å². The molecule has 0 aliphatic carbocycles. The number of rotatable bonds is 12. The Morgan fingerprint density at radius 3 is 2.34 bits per heavy atom. The Hall–Kier alpha value is -3.11. The number of nitrogens with one attached hydrogen (secondary N) is 1. The van der Waals surface area contributed by atoms with Crippen LogP contribution in [0.15, 0.2) is 36.4 Å². The fourth-order valence-corrected chi connectivity index (χ4v) is 3.92. The number of ether oxygens (including phenoxy) is 5. The molecule has 192 valence electrons. The first-order valence-electron chi connectivity index (χ1n) is 11.6. The third-order valence-electron chi connectivity index (χ3n) is 5.54. The number of alkyl halides is 2. The van der Waals surface area contributed by atoms with Gasteiger partial charge in [-0.1, -0.05) is 6.07 Å². The molecule has 10 heteroatoms. The van der Waals surface area contributed by atoms with Crippen molar-refractivity contribution in [1.82, 2.24) is 10.2 Å². The van der Waals surface area contributed by atoms with E-state index >= 15 is 0 Å². The van der Waals surface area contributed by atoms with Crippen LogP contribution in [0.5, 0.6) is 23.0 Å². The molecule has 0 spiro atoms. The summed E-state index contributed by atoms with van der Waals surface area (Å²) in [5.41, 5.74) is 1.24. The Kier molecular flexibility index (Phi) is 9.92. The molecule has 0 aromatic heterocycles. The van der Waals surface area contributed by atoms with Gasteiger partial charge in [-0.05, 0) is 49.7 Å². The Morgan fingerprint density at radius 1 is 1.00 bits per heavy atom. The van der Waals surface area contributed by atoms with Crippen molar-refractivity contribution in [2.45, 2.75) is 26.5 Å². The molecule has 2 aromatic carbocycles. The summed E-state index contributed by atoms with van der Waals surface area (Å²) in [6.07, 6.45) is 0. The molecule has 0 radical (unpaired) electrons. The zero-order valence-corrected chi connectivity index (χ0v) is 20.2. The quantitative estimate of drug-likeness (QED) is 0.480. The molecule has 1 atom stereocenters. The molecule has 1 saturated heterocycles. The predicted octanol–water partition coefficient (Wildman–Crippen LogP) is 3.90. The first kappa shape index (κ1) is 26.5. The van der Waals surface area contributed by atoms with Gasteiger partial charge in [0.05, 0.1) is 39.6 Å². The molecule has 1 amide bonds. The van der Waals surface area contributed by atoms with E-state index in [0.29, 0.717) is 51.0 Å². The lowest BCUT2D eigenvalue weighted by Crippen LogP contribution is -2.43. The first-order valence-corrected chi connectivity index (χ1v) is 11.6.